The van der Waals surface area contributed by atoms with Crippen LogP contribution in [0, 0.1) is 0 Å². The molecule has 0 bridgehead atoms. The maximum Gasteiger partial charge on any atom is 0.164 e. The highest BCUT2D eigenvalue weighted by Gasteiger charge is 2.22. The predicted molar refractivity (Wildman–Crippen MR) is 194 cm³/mol. The first kappa shape index (κ1) is 26.6. The van der Waals surface area contributed by atoms with Gasteiger partial charge in [0.05, 0.1) is 0 Å². The number of rotatable bonds is 4. The van der Waals surface area contributed by atoms with Crippen LogP contribution in [0.2, 0.25) is 0 Å². The molecule has 3 heterocycles. The molecule has 5 heteroatoms. The summed E-state index contributed by atoms with van der Waals surface area (Å²) >= 11 is 0. The van der Waals surface area contributed by atoms with Crippen LogP contribution < -0.4 is 0 Å². The van der Waals surface area contributed by atoms with Crippen LogP contribution in [0.4, 0.5) is 0 Å². The zero-order valence-electron chi connectivity index (χ0n) is 25.6. The molecule has 0 radical (unpaired) electrons. The van der Waals surface area contributed by atoms with Gasteiger partial charge in [0, 0.05) is 43.8 Å². The summed E-state index contributed by atoms with van der Waals surface area (Å²) in [5.41, 5.74) is 8.04. The molecule has 0 saturated heterocycles. The Morgan fingerprint density at radius 2 is 0.979 bits per heavy atom. The number of nitrogens with zero attached hydrogens (tertiary/aromatic N) is 3. The van der Waals surface area contributed by atoms with Crippen molar-refractivity contribution in [1.82, 2.24) is 15.0 Å². The summed E-state index contributed by atoms with van der Waals surface area (Å²) in [5.74, 6) is 1.81. The minimum absolute atomic E-state index is 0.585. The van der Waals surface area contributed by atoms with E-state index in [1.807, 2.05) is 78.9 Å². The molecule has 0 aliphatic heterocycles. The van der Waals surface area contributed by atoms with Crippen LogP contribution in [0.25, 0.3) is 99.9 Å². The summed E-state index contributed by atoms with van der Waals surface area (Å²) in [6.07, 6.45) is 0. The van der Waals surface area contributed by atoms with Crippen molar-refractivity contribution in [2.45, 2.75) is 0 Å². The number of hydrogen-bond donors (Lipinski definition) is 0. The fraction of sp³-hybridized carbons (Fsp3) is 0. The molecule has 0 aliphatic carbocycles. The third kappa shape index (κ3) is 4.15. The Balaban J connectivity index is 1.26. The lowest BCUT2D eigenvalue weighted by molar-refractivity contribution is 0.668. The number of hydrogen-bond acceptors (Lipinski definition) is 5. The van der Waals surface area contributed by atoms with Crippen molar-refractivity contribution < 1.29 is 8.83 Å². The summed E-state index contributed by atoms with van der Waals surface area (Å²) in [6.45, 7) is 0. The van der Waals surface area contributed by atoms with E-state index in [1.165, 1.54) is 5.39 Å². The van der Waals surface area contributed by atoms with Crippen LogP contribution in [-0.4, -0.2) is 15.0 Å². The molecular weight excluding hydrogens is 590 g/mol. The zero-order chi connectivity index (χ0) is 31.6. The molecule has 0 fully saturated rings. The molecule has 7 aromatic carbocycles. The molecule has 0 aliphatic rings. The van der Waals surface area contributed by atoms with Gasteiger partial charge in [-0.1, -0.05) is 115 Å². The molecule has 48 heavy (non-hydrogen) atoms. The van der Waals surface area contributed by atoms with Crippen molar-refractivity contribution in [3.63, 3.8) is 0 Å². The number of para-hydroxylation sites is 2. The number of fused-ring (bicyclic) bond motifs is 7. The smallest absolute Gasteiger partial charge is 0.164 e. The van der Waals surface area contributed by atoms with Gasteiger partial charge in [-0.2, -0.15) is 0 Å². The maximum atomic E-state index is 6.71. The number of aromatic nitrogens is 3. The Morgan fingerprint density at radius 3 is 1.81 bits per heavy atom. The van der Waals surface area contributed by atoms with E-state index in [4.69, 9.17) is 23.8 Å². The van der Waals surface area contributed by atoms with Crippen LogP contribution in [-0.2, 0) is 0 Å². The summed E-state index contributed by atoms with van der Waals surface area (Å²) < 4.78 is 13.0. The van der Waals surface area contributed by atoms with E-state index in [2.05, 4.69) is 72.8 Å². The molecule has 10 rings (SSSR count). The molecule has 5 nitrogen and oxygen atoms in total. The van der Waals surface area contributed by atoms with E-state index in [1.54, 1.807) is 0 Å². The van der Waals surface area contributed by atoms with Gasteiger partial charge in [-0.15, -0.1) is 0 Å². The summed E-state index contributed by atoms with van der Waals surface area (Å²) in [7, 11) is 0. The highest BCUT2D eigenvalue weighted by Crippen LogP contribution is 2.44. The Hall–Kier alpha value is -6.59. The Labute approximate surface area is 274 Å². The molecule has 0 unspecified atom stereocenters. The maximum absolute atomic E-state index is 6.71. The third-order valence-corrected chi connectivity index (χ3v) is 9.13. The third-order valence-electron chi connectivity index (χ3n) is 9.13. The first-order chi connectivity index (χ1) is 23.8. The fourth-order valence-corrected chi connectivity index (χ4v) is 6.90. The number of benzene rings is 7. The highest BCUT2D eigenvalue weighted by atomic mass is 16.3. The average Bonchev–Trinajstić information content (AvgIpc) is 3.74. The second-order valence-electron chi connectivity index (χ2n) is 12.0. The molecule has 224 valence electrons. The van der Waals surface area contributed by atoms with Gasteiger partial charge >= 0.3 is 0 Å². The van der Waals surface area contributed by atoms with Gasteiger partial charge in [0.2, 0.25) is 0 Å². The van der Waals surface area contributed by atoms with Crippen molar-refractivity contribution in [3.05, 3.63) is 152 Å². The largest absolute Gasteiger partial charge is 0.456 e. The van der Waals surface area contributed by atoms with Crippen LogP contribution in [0.1, 0.15) is 0 Å². The second kappa shape index (κ2) is 10.5. The van der Waals surface area contributed by atoms with Crippen molar-refractivity contribution in [2.75, 3.05) is 0 Å². The molecule has 0 spiro atoms. The molecule has 0 saturated carbocycles. The molecular formula is C43H25N3O2. The molecule has 0 N–H and O–H groups in total. The SMILES string of the molecule is c1ccc(-c2nc(-c3ccc4ccccc4c3)nc(-c3ccc(-c4cccc5oc6ccccc6c45)c4oc5ccccc5c34)n2)cc1. The van der Waals surface area contributed by atoms with E-state index < -0.39 is 0 Å². The molecule has 3 aromatic heterocycles. The van der Waals surface area contributed by atoms with Gasteiger partial charge in [-0.05, 0) is 52.7 Å². The van der Waals surface area contributed by atoms with Crippen LogP contribution >= 0.6 is 0 Å². The minimum atomic E-state index is 0.585. The Kier molecular flexibility index (Phi) is 5.81. The molecule has 0 amide bonds. The first-order valence-corrected chi connectivity index (χ1v) is 15.9. The quantitative estimate of drug-likeness (QED) is 0.197. The lowest BCUT2D eigenvalue weighted by Gasteiger charge is -2.11. The van der Waals surface area contributed by atoms with Gasteiger partial charge in [-0.3, -0.25) is 0 Å². The lowest BCUT2D eigenvalue weighted by atomic mass is 9.95. The van der Waals surface area contributed by atoms with Gasteiger partial charge in [-0.25, -0.2) is 15.0 Å². The molecule has 0 atom stereocenters. The minimum Gasteiger partial charge on any atom is -0.456 e. The van der Waals surface area contributed by atoms with E-state index in [0.717, 1.165) is 77.1 Å². The van der Waals surface area contributed by atoms with Crippen LogP contribution in [0.3, 0.4) is 0 Å². The van der Waals surface area contributed by atoms with Crippen molar-refractivity contribution >= 4 is 54.6 Å². The fourth-order valence-electron chi connectivity index (χ4n) is 6.90. The highest BCUT2D eigenvalue weighted by molar-refractivity contribution is 6.20. The van der Waals surface area contributed by atoms with Gasteiger partial charge in [0.15, 0.2) is 17.5 Å². The topological polar surface area (TPSA) is 65.0 Å². The van der Waals surface area contributed by atoms with Crippen molar-refractivity contribution in [1.29, 1.82) is 0 Å². The standard InChI is InChI=1S/C43H25N3O2/c1-2-12-27(13-3-1)41-44-42(29-22-21-26-11-4-5-14-28(26)25-29)46-43(45-41)34-24-23-31(40-39(34)33-16-7-9-19-36(33)48-40)30-17-10-20-37-38(30)32-15-6-8-18-35(32)47-37/h1-25H. The Bertz CT molecular complexity index is 2850. The van der Waals surface area contributed by atoms with Crippen molar-refractivity contribution in [3.8, 4) is 45.3 Å². The summed E-state index contributed by atoms with van der Waals surface area (Å²) in [4.78, 5) is 15.3. The zero-order valence-corrected chi connectivity index (χ0v) is 25.6. The average molecular weight is 616 g/mol. The van der Waals surface area contributed by atoms with E-state index in [0.29, 0.717) is 17.5 Å². The predicted octanol–water partition coefficient (Wildman–Crippen LogP) is 11.5. The second-order valence-corrected chi connectivity index (χ2v) is 12.0. The van der Waals surface area contributed by atoms with Crippen molar-refractivity contribution in [2.24, 2.45) is 0 Å². The van der Waals surface area contributed by atoms with Gasteiger partial charge in [0.25, 0.3) is 0 Å². The van der Waals surface area contributed by atoms with E-state index >= 15 is 0 Å². The van der Waals surface area contributed by atoms with Crippen LogP contribution in [0.5, 0.6) is 0 Å². The number of furan rings is 2. The monoisotopic (exact) mass is 615 g/mol. The van der Waals surface area contributed by atoms with Crippen LogP contribution in [0.15, 0.2) is 160 Å². The summed E-state index contributed by atoms with van der Waals surface area (Å²) in [6, 6.07) is 51.5. The van der Waals surface area contributed by atoms with Gasteiger partial charge in [0.1, 0.15) is 22.3 Å². The van der Waals surface area contributed by atoms with Gasteiger partial charge < -0.3 is 8.83 Å². The Morgan fingerprint density at radius 1 is 0.354 bits per heavy atom. The van der Waals surface area contributed by atoms with E-state index in [-0.39, 0.29) is 0 Å². The summed E-state index contributed by atoms with van der Waals surface area (Å²) in [5, 5.41) is 6.40. The first-order valence-electron chi connectivity index (χ1n) is 15.9. The molecule has 10 aromatic rings. The lowest BCUT2D eigenvalue weighted by Crippen LogP contribution is -2.00. The van der Waals surface area contributed by atoms with E-state index in [9.17, 15) is 0 Å². The normalized spacial score (nSPS) is 11.8.